The Hall–Kier alpha value is -4.54. The predicted molar refractivity (Wildman–Crippen MR) is 169 cm³/mol. The Kier molecular flexibility index (Phi) is 13.1. The van der Waals surface area contributed by atoms with Crippen molar-refractivity contribution in [2.45, 2.75) is 63.6 Å². The summed E-state index contributed by atoms with van der Waals surface area (Å²) in [5.74, 6) is -2.88. The number of oxazole rings is 1. The molecule has 0 bridgehead atoms. The molecule has 45 heavy (non-hydrogen) atoms. The molecule has 1 heterocycles. The van der Waals surface area contributed by atoms with Crippen LogP contribution >= 0.6 is 0 Å². The number of hydrogen-bond acceptors (Lipinski definition) is 7. The van der Waals surface area contributed by atoms with Gasteiger partial charge in [-0.3, -0.25) is 4.79 Å². The summed E-state index contributed by atoms with van der Waals surface area (Å²) < 4.78 is 16.3. The number of ether oxygens (including phenoxy) is 2. The van der Waals surface area contributed by atoms with Crippen LogP contribution in [0.15, 0.2) is 83.5 Å². The molecule has 0 fully saturated rings. The molecule has 2 atom stereocenters. The lowest BCUT2D eigenvalue weighted by Crippen LogP contribution is -2.49. The van der Waals surface area contributed by atoms with Crippen molar-refractivity contribution in [2.75, 3.05) is 19.8 Å². The number of fused-ring (bicyclic) bond motifs is 1. The zero-order chi connectivity index (χ0) is 31.9. The number of amides is 1. The minimum absolute atomic E-state index is 0.109. The summed E-state index contributed by atoms with van der Waals surface area (Å²) in [4.78, 5) is 40.4. The lowest BCUT2D eigenvalue weighted by molar-refractivity contribution is -0.172. The molecule has 0 aliphatic carbocycles. The number of nitrogens with one attached hydrogen (secondary N) is 1. The maximum atomic E-state index is 13.0. The molecule has 0 saturated carbocycles. The number of nitrogens with zero attached hydrogens (tertiary/aromatic N) is 1. The van der Waals surface area contributed by atoms with Crippen molar-refractivity contribution in [3.63, 3.8) is 0 Å². The third kappa shape index (κ3) is 10.8. The number of carbonyl (C=O) groups is 3. The highest BCUT2D eigenvalue weighted by molar-refractivity contribution is 5.88. The van der Waals surface area contributed by atoms with Crippen LogP contribution in [-0.4, -0.2) is 65.0 Å². The largest absolute Gasteiger partial charge is 0.480 e. The van der Waals surface area contributed by atoms with Crippen molar-refractivity contribution >= 4 is 28.6 Å². The number of aromatic nitrogens is 1. The molecule has 0 spiro atoms. The highest BCUT2D eigenvalue weighted by Gasteiger charge is 2.36. The quantitative estimate of drug-likeness (QED) is 0.107. The van der Waals surface area contributed by atoms with Crippen LogP contribution in [0.25, 0.3) is 22.2 Å². The van der Waals surface area contributed by atoms with Crippen LogP contribution < -0.4 is 5.32 Å². The van der Waals surface area contributed by atoms with Crippen molar-refractivity contribution in [3.8, 4) is 11.5 Å². The first-order chi connectivity index (χ1) is 21.9. The molecular formula is C35H40N2O8. The Morgan fingerprint density at radius 1 is 0.778 bits per heavy atom. The van der Waals surface area contributed by atoms with Crippen molar-refractivity contribution in [3.05, 3.63) is 90.3 Å². The van der Waals surface area contributed by atoms with Gasteiger partial charge in [-0.2, -0.15) is 0 Å². The maximum Gasteiger partial charge on any atom is 0.336 e. The lowest BCUT2D eigenvalue weighted by atomic mass is 10.0. The highest BCUT2D eigenvalue weighted by atomic mass is 16.6. The number of rotatable bonds is 20. The second-order valence-electron chi connectivity index (χ2n) is 10.9. The van der Waals surface area contributed by atoms with Crippen molar-refractivity contribution in [2.24, 2.45) is 0 Å². The van der Waals surface area contributed by atoms with E-state index in [1.54, 1.807) is 6.26 Å². The molecule has 238 valence electrons. The number of hydrogen-bond donors (Lipinski definition) is 3. The maximum absolute atomic E-state index is 13.0. The summed E-state index contributed by atoms with van der Waals surface area (Å²) in [6.45, 7) is -0.413. The van der Waals surface area contributed by atoms with Crippen molar-refractivity contribution < 1.29 is 38.5 Å². The molecule has 1 amide bonds. The zero-order valence-electron chi connectivity index (χ0n) is 25.2. The van der Waals surface area contributed by atoms with Gasteiger partial charge in [0, 0.05) is 18.7 Å². The van der Waals surface area contributed by atoms with Gasteiger partial charge in [0.05, 0.1) is 5.69 Å². The molecule has 3 aromatic carbocycles. The Balaban J connectivity index is 1.19. The van der Waals surface area contributed by atoms with E-state index in [1.807, 2.05) is 42.5 Å². The van der Waals surface area contributed by atoms with Gasteiger partial charge in [0.1, 0.15) is 12.9 Å². The van der Waals surface area contributed by atoms with Crippen LogP contribution in [0.4, 0.5) is 0 Å². The molecule has 0 radical (unpaired) electrons. The zero-order valence-corrected chi connectivity index (χ0v) is 25.2. The predicted octanol–water partition coefficient (Wildman–Crippen LogP) is 5.68. The molecule has 2 unspecified atom stereocenters. The van der Waals surface area contributed by atoms with E-state index in [9.17, 15) is 19.5 Å². The summed E-state index contributed by atoms with van der Waals surface area (Å²) in [6, 6.07) is 24.3. The van der Waals surface area contributed by atoms with Gasteiger partial charge in [-0.15, -0.1) is 0 Å². The number of carbonyl (C=O) groups excluding carboxylic acids is 1. The Morgan fingerprint density at radius 3 is 2.29 bits per heavy atom. The summed E-state index contributed by atoms with van der Waals surface area (Å²) in [5.41, 5.74) is 2.99. The Bertz CT molecular complexity index is 1520. The molecule has 3 N–H and O–H groups in total. The van der Waals surface area contributed by atoms with E-state index in [0.717, 1.165) is 43.4 Å². The number of benzene rings is 3. The van der Waals surface area contributed by atoms with Crippen molar-refractivity contribution in [1.82, 2.24) is 10.3 Å². The molecule has 0 aliphatic heterocycles. The second kappa shape index (κ2) is 17.7. The molecule has 4 aromatic rings. The lowest BCUT2D eigenvalue weighted by Gasteiger charge is -2.23. The van der Waals surface area contributed by atoms with Gasteiger partial charge in [0.15, 0.2) is 12.2 Å². The fourth-order valence-corrected chi connectivity index (χ4v) is 5.02. The summed E-state index contributed by atoms with van der Waals surface area (Å²) in [6.07, 6.45) is 4.62. The van der Waals surface area contributed by atoms with Crippen LogP contribution in [-0.2, 0) is 36.7 Å². The fraction of sp³-hybridized carbons (Fsp3) is 0.371. The van der Waals surface area contributed by atoms with Gasteiger partial charge in [0.25, 0.3) is 5.91 Å². The molecule has 0 saturated heterocycles. The average molecular weight is 617 g/mol. The van der Waals surface area contributed by atoms with Gasteiger partial charge in [-0.1, -0.05) is 73.5 Å². The molecule has 10 nitrogen and oxygen atoms in total. The number of aliphatic carboxylic acids is 2. The summed E-state index contributed by atoms with van der Waals surface area (Å²) in [5, 5.41) is 23.8. The molecule has 4 rings (SSSR count). The van der Waals surface area contributed by atoms with E-state index < -0.39 is 36.7 Å². The fourth-order valence-electron chi connectivity index (χ4n) is 5.02. The van der Waals surface area contributed by atoms with E-state index in [-0.39, 0.29) is 6.61 Å². The molecular weight excluding hydrogens is 576 g/mol. The highest BCUT2D eigenvalue weighted by Crippen LogP contribution is 2.20. The minimum Gasteiger partial charge on any atom is -0.480 e. The van der Waals surface area contributed by atoms with Gasteiger partial charge in [-0.25, -0.2) is 14.6 Å². The number of carboxylic acids is 2. The van der Waals surface area contributed by atoms with E-state index in [1.165, 1.54) is 16.3 Å². The first-order valence-corrected chi connectivity index (χ1v) is 15.3. The third-order valence-electron chi connectivity index (χ3n) is 7.37. The topological polar surface area (TPSA) is 148 Å². The van der Waals surface area contributed by atoms with E-state index in [0.29, 0.717) is 31.7 Å². The van der Waals surface area contributed by atoms with E-state index in [2.05, 4.69) is 40.6 Å². The van der Waals surface area contributed by atoms with Crippen LogP contribution in [0.5, 0.6) is 0 Å². The number of aryl methyl sites for hydroxylation is 2. The minimum atomic E-state index is -1.75. The third-order valence-corrected chi connectivity index (χ3v) is 7.37. The first kappa shape index (κ1) is 33.4. The van der Waals surface area contributed by atoms with Crippen molar-refractivity contribution in [1.29, 1.82) is 0 Å². The molecule has 0 aliphatic rings. The number of unbranched alkanes of at least 4 members (excludes halogenated alkanes) is 4. The van der Waals surface area contributed by atoms with Crippen LogP contribution in [0, 0.1) is 0 Å². The van der Waals surface area contributed by atoms with Crippen LogP contribution in [0.2, 0.25) is 0 Å². The Labute approximate surface area is 262 Å². The van der Waals surface area contributed by atoms with Gasteiger partial charge >= 0.3 is 11.9 Å². The summed E-state index contributed by atoms with van der Waals surface area (Å²) in [7, 11) is 0. The first-order valence-electron chi connectivity index (χ1n) is 15.3. The smallest absolute Gasteiger partial charge is 0.336 e. The van der Waals surface area contributed by atoms with E-state index >= 15 is 0 Å². The average Bonchev–Trinajstić information content (AvgIpc) is 3.52. The second-order valence-corrected chi connectivity index (χ2v) is 10.9. The monoisotopic (exact) mass is 616 g/mol. The standard InChI is InChI=1S/C35H40N2O8/c38-30(39)24-44-32(35(41)42)31(43-21-11-3-7-17-29-23-45-34(37-29)27-14-5-1-6-15-27)33(40)36-20-10-2-4-12-25-18-19-26-13-8-9-16-28(26)22-25/h1,5-6,8-9,13-16,18-19,22-23,31-32H,2-4,7,10-12,17,20-21,24H2,(H,36,40)(H,38,39)(H,41,42). The van der Waals surface area contributed by atoms with Gasteiger partial charge in [0.2, 0.25) is 5.89 Å². The SMILES string of the molecule is O=C(O)COC(C(=O)O)C(OCCCCCc1coc(-c2ccccc2)n1)C(=O)NCCCCCc1ccc2ccccc2c1. The van der Waals surface area contributed by atoms with Gasteiger partial charge < -0.3 is 29.4 Å². The van der Waals surface area contributed by atoms with Gasteiger partial charge in [-0.05, 0) is 67.0 Å². The van der Waals surface area contributed by atoms with Crippen LogP contribution in [0.3, 0.4) is 0 Å². The van der Waals surface area contributed by atoms with E-state index in [4.69, 9.17) is 19.0 Å². The van der Waals surface area contributed by atoms with Crippen LogP contribution in [0.1, 0.15) is 49.8 Å². The molecule has 1 aromatic heterocycles. The summed E-state index contributed by atoms with van der Waals surface area (Å²) >= 11 is 0. The Morgan fingerprint density at radius 2 is 1.51 bits per heavy atom. The molecule has 10 heteroatoms. The number of carboxylic acid groups (broad SMARTS) is 2. The normalized spacial score (nSPS) is 12.5.